The molecule has 1 atom stereocenters. The van der Waals surface area contributed by atoms with E-state index in [1.807, 2.05) is 6.92 Å². The second-order valence-corrected chi connectivity index (χ2v) is 2.72. The molecule has 2 nitrogen and oxygen atoms in total. The molecule has 0 spiro atoms. The number of allylic oxidation sites excluding steroid dienone is 2. The highest BCUT2D eigenvalue weighted by Gasteiger charge is 1.96. The molecule has 0 aromatic rings. The van der Waals surface area contributed by atoms with Crippen LogP contribution in [0.3, 0.4) is 0 Å². The van der Waals surface area contributed by atoms with E-state index >= 15 is 0 Å². The fourth-order valence-corrected chi connectivity index (χ4v) is 0.867. The number of nitrogens with zero attached hydrogens (tertiary/aromatic N) is 1. The normalized spacial score (nSPS) is 15.2. The summed E-state index contributed by atoms with van der Waals surface area (Å²) in [5.74, 6) is 0. The minimum atomic E-state index is -0.758. The first kappa shape index (κ1) is 12.3. The summed E-state index contributed by atoms with van der Waals surface area (Å²) in [6, 6.07) is 0. The summed E-state index contributed by atoms with van der Waals surface area (Å²) in [5.41, 5.74) is 1.02. The van der Waals surface area contributed by atoms with E-state index < -0.39 is 6.86 Å². The van der Waals surface area contributed by atoms with Crippen LogP contribution in [-0.4, -0.2) is 19.2 Å². The minimum absolute atomic E-state index is 0.253. The summed E-state index contributed by atoms with van der Waals surface area (Å²) in [7, 11) is 0. The average molecular weight is 187 g/mol. The Hall–Kier alpha value is -0.700. The minimum Gasteiger partial charge on any atom is -0.342 e. The van der Waals surface area contributed by atoms with Crippen molar-refractivity contribution in [3.05, 3.63) is 11.8 Å². The van der Waals surface area contributed by atoms with Gasteiger partial charge in [-0.25, -0.2) is 4.39 Å². The van der Waals surface area contributed by atoms with Crippen LogP contribution in [0.2, 0.25) is 0 Å². The number of halogens is 1. The van der Waals surface area contributed by atoms with Gasteiger partial charge in [-0.2, -0.15) is 0 Å². The zero-order chi connectivity index (χ0) is 10.1. The monoisotopic (exact) mass is 187 g/mol. The standard InChI is InChI=1S/C10H18FNO/c1-4-6-10(5-2)12-7-9(3)13-8-11/h6-7,9H,4-5,8H2,1-3H3/b10-6-,12-7-. The Kier molecular flexibility index (Phi) is 7.50. The maximum absolute atomic E-state index is 11.7. The van der Waals surface area contributed by atoms with Crippen molar-refractivity contribution < 1.29 is 9.13 Å². The predicted octanol–water partition coefficient (Wildman–Crippen LogP) is 3.09. The molecule has 0 aromatic carbocycles. The highest BCUT2D eigenvalue weighted by atomic mass is 19.1. The predicted molar refractivity (Wildman–Crippen MR) is 53.7 cm³/mol. The fraction of sp³-hybridized carbons (Fsp3) is 0.700. The molecular formula is C10H18FNO. The van der Waals surface area contributed by atoms with Gasteiger partial charge in [0.1, 0.15) is 0 Å². The number of aliphatic imine (C=N–C) groups is 1. The van der Waals surface area contributed by atoms with Crippen LogP contribution in [0.1, 0.15) is 33.6 Å². The summed E-state index contributed by atoms with van der Waals surface area (Å²) in [6.45, 7) is 5.11. The maximum Gasteiger partial charge on any atom is 0.189 e. The fourth-order valence-electron chi connectivity index (χ4n) is 0.867. The Bertz CT molecular complexity index is 178. The zero-order valence-electron chi connectivity index (χ0n) is 8.59. The second kappa shape index (κ2) is 7.92. The van der Waals surface area contributed by atoms with E-state index in [1.54, 1.807) is 13.1 Å². The van der Waals surface area contributed by atoms with E-state index in [-0.39, 0.29) is 6.10 Å². The van der Waals surface area contributed by atoms with Crippen LogP contribution in [0.15, 0.2) is 16.8 Å². The van der Waals surface area contributed by atoms with E-state index in [0.29, 0.717) is 0 Å². The van der Waals surface area contributed by atoms with Gasteiger partial charge in [0.2, 0.25) is 0 Å². The lowest BCUT2D eigenvalue weighted by Gasteiger charge is -2.03. The lowest BCUT2D eigenvalue weighted by molar-refractivity contribution is 0.0408. The first-order valence-corrected chi connectivity index (χ1v) is 4.65. The lowest BCUT2D eigenvalue weighted by Crippen LogP contribution is -2.08. The number of ether oxygens (including phenoxy) is 1. The summed E-state index contributed by atoms with van der Waals surface area (Å²) >= 11 is 0. The van der Waals surface area contributed by atoms with Crippen LogP contribution >= 0.6 is 0 Å². The summed E-state index contributed by atoms with van der Waals surface area (Å²) in [5, 5.41) is 0. The molecule has 3 heteroatoms. The third-order valence-corrected chi connectivity index (χ3v) is 1.58. The van der Waals surface area contributed by atoms with E-state index in [2.05, 4.69) is 22.7 Å². The van der Waals surface area contributed by atoms with Gasteiger partial charge in [-0.15, -0.1) is 0 Å². The quantitative estimate of drug-likeness (QED) is 0.585. The zero-order valence-corrected chi connectivity index (χ0v) is 8.59. The first-order valence-electron chi connectivity index (χ1n) is 4.65. The third-order valence-electron chi connectivity index (χ3n) is 1.58. The molecule has 0 bridgehead atoms. The van der Waals surface area contributed by atoms with Gasteiger partial charge < -0.3 is 4.74 Å². The van der Waals surface area contributed by atoms with E-state index in [9.17, 15) is 4.39 Å². The van der Waals surface area contributed by atoms with E-state index in [1.165, 1.54) is 0 Å². The van der Waals surface area contributed by atoms with Crippen molar-refractivity contribution >= 4 is 6.21 Å². The Morgan fingerprint density at radius 1 is 1.54 bits per heavy atom. The van der Waals surface area contributed by atoms with Gasteiger partial charge in [-0.1, -0.05) is 19.9 Å². The van der Waals surface area contributed by atoms with E-state index in [0.717, 1.165) is 18.5 Å². The lowest BCUT2D eigenvalue weighted by atomic mass is 10.3. The molecule has 0 aliphatic rings. The molecule has 0 aromatic heterocycles. The van der Waals surface area contributed by atoms with Gasteiger partial charge in [0.25, 0.3) is 0 Å². The highest BCUT2D eigenvalue weighted by molar-refractivity contribution is 5.63. The molecule has 0 saturated carbocycles. The molecule has 0 radical (unpaired) electrons. The third kappa shape index (κ3) is 6.46. The van der Waals surface area contributed by atoms with Crippen LogP contribution < -0.4 is 0 Å². The molecule has 0 saturated heterocycles. The number of hydrogen-bond acceptors (Lipinski definition) is 2. The van der Waals surface area contributed by atoms with Crippen molar-refractivity contribution in [1.29, 1.82) is 0 Å². The molecule has 13 heavy (non-hydrogen) atoms. The van der Waals surface area contributed by atoms with Gasteiger partial charge >= 0.3 is 0 Å². The van der Waals surface area contributed by atoms with Crippen molar-refractivity contribution in [1.82, 2.24) is 0 Å². The van der Waals surface area contributed by atoms with Crippen LogP contribution in [0.4, 0.5) is 4.39 Å². The number of rotatable bonds is 6. The molecule has 0 aliphatic carbocycles. The molecule has 0 rings (SSSR count). The topological polar surface area (TPSA) is 21.6 Å². The van der Waals surface area contributed by atoms with Crippen molar-refractivity contribution in [2.45, 2.75) is 39.7 Å². The second-order valence-electron chi connectivity index (χ2n) is 2.72. The first-order chi connectivity index (χ1) is 6.24. The Morgan fingerprint density at radius 3 is 2.69 bits per heavy atom. The van der Waals surface area contributed by atoms with Gasteiger partial charge in [0, 0.05) is 11.9 Å². The molecule has 0 heterocycles. The van der Waals surface area contributed by atoms with Crippen molar-refractivity contribution in [3.63, 3.8) is 0 Å². The maximum atomic E-state index is 11.7. The Labute approximate surface area is 79.5 Å². The average Bonchev–Trinajstić information content (AvgIpc) is 2.12. The van der Waals surface area contributed by atoms with Crippen LogP contribution in [0.5, 0.6) is 0 Å². The molecule has 0 N–H and O–H groups in total. The van der Waals surface area contributed by atoms with E-state index in [4.69, 9.17) is 0 Å². The SMILES string of the molecule is CC/C=C(CC)\N=C/C(C)OCF. The van der Waals surface area contributed by atoms with Crippen molar-refractivity contribution in [2.24, 2.45) is 4.99 Å². The molecular weight excluding hydrogens is 169 g/mol. The molecule has 76 valence electrons. The van der Waals surface area contributed by atoms with Crippen LogP contribution in [0, 0.1) is 0 Å². The number of alkyl halides is 1. The summed E-state index contributed by atoms with van der Waals surface area (Å²) < 4.78 is 16.4. The smallest absolute Gasteiger partial charge is 0.189 e. The molecule has 0 fully saturated rings. The summed E-state index contributed by atoms with van der Waals surface area (Å²) in [6.07, 6.45) is 5.30. The van der Waals surface area contributed by atoms with Crippen LogP contribution in [-0.2, 0) is 4.74 Å². The van der Waals surface area contributed by atoms with Crippen LogP contribution in [0.25, 0.3) is 0 Å². The Morgan fingerprint density at radius 2 is 2.23 bits per heavy atom. The highest BCUT2D eigenvalue weighted by Crippen LogP contribution is 2.03. The summed E-state index contributed by atoms with van der Waals surface area (Å²) in [4.78, 5) is 4.19. The Balaban J connectivity index is 3.98. The van der Waals surface area contributed by atoms with Gasteiger partial charge in [0.15, 0.2) is 6.86 Å². The van der Waals surface area contributed by atoms with Gasteiger partial charge in [-0.05, 0) is 19.8 Å². The van der Waals surface area contributed by atoms with Crippen molar-refractivity contribution in [2.75, 3.05) is 6.86 Å². The molecule has 1 unspecified atom stereocenters. The van der Waals surface area contributed by atoms with Crippen molar-refractivity contribution in [3.8, 4) is 0 Å². The number of hydrogen-bond donors (Lipinski definition) is 0. The molecule has 0 aliphatic heterocycles. The van der Waals surface area contributed by atoms with Gasteiger partial charge in [0.05, 0.1) is 6.10 Å². The molecule has 0 amide bonds. The van der Waals surface area contributed by atoms with Gasteiger partial charge in [-0.3, -0.25) is 4.99 Å². The largest absolute Gasteiger partial charge is 0.342 e.